The topological polar surface area (TPSA) is 290 Å². The van der Waals surface area contributed by atoms with Gasteiger partial charge < -0.3 is 70.8 Å². The molecule has 1 saturated heterocycles. The van der Waals surface area contributed by atoms with Crippen LogP contribution in [0.4, 0.5) is 27.5 Å². The lowest BCUT2D eigenvalue weighted by Gasteiger charge is -2.31. The van der Waals surface area contributed by atoms with Crippen LogP contribution in [0.15, 0.2) is 97.3 Å². The smallest absolute Gasteiger partial charge is 0.416 e. The van der Waals surface area contributed by atoms with Gasteiger partial charge in [-0.15, -0.1) is 0 Å². The third-order valence-corrected chi connectivity index (χ3v) is 13.1. The van der Waals surface area contributed by atoms with E-state index in [4.69, 9.17) is 25.1 Å². The monoisotopic (exact) mass is 1060 g/mol. The molecule has 3 aromatic carbocycles. The number of aromatic nitrogens is 2. The minimum atomic E-state index is -1.55. The number of benzene rings is 3. The minimum Gasteiger partial charge on any atom is -0.493 e. The summed E-state index contributed by atoms with van der Waals surface area (Å²) in [6.45, 7) is 9.43. The number of aliphatic hydroxyl groups excluding tert-OH is 2. The fourth-order valence-corrected chi connectivity index (χ4v) is 8.77. The Labute approximate surface area is 445 Å². The molecule has 0 aliphatic carbocycles. The molecule has 408 valence electrons. The molecule has 0 unspecified atom stereocenters. The lowest BCUT2D eigenvalue weighted by molar-refractivity contribution is -0.127. The maximum absolute atomic E-state index is 14.1. The van der Waals surface area contributed by atoms with E-state index in [-0.39, 0.29) is 91.8 Å². The average molecular weight is 1060 g/mol. The molecule has 0 bridgehead atoms. The van der Waals surface area contributed by atoms with E-state index in [0.29, 0.717) is 46.9 Å². The molecule has 22 heteroatoms. The van der Waals surface area contributed by atoms with Crippen molar-refractivity contribution >= 4 is 64.3 Å². The lowest BCUT2D eigenvalue weighted by atomic mass is 10.0. The predicted molar refractivity (Wildman–Crippen MR) is 287 cm³/mol. The molecular weight excluding hydrogens is 993 g/mol. The van der Waals surface area contributed by atoms with E-state index in [1.54, 1.807) is 98.7 Å². The molecule has 0 radical (unpaired) electrons. The van der Waals surface area contributed by atoms with Crippen molar-refractivity contribution in [3.05, 3.63) is 120 Å². The number of carbonyl (C=O) groups excluding carboxylic acids is 7. The van der Waals surface area contributed by atoms with E-state index in [2.05, 4.69) is 33.2 Å². The Morgan fingerprint density at radius 3 is 2.17 bits per heavy atom. The third-order valence-electron chi connectivity index (χ3n) is 13.1. The van der Waals surface area contributed by atoms with Crippen LogP contribution in [-0.2, 0) is 39.8 Å². The summed E-state index contributed by atoms with van der Waals surface area (Å²) in [6, 6.07) is 17.3. The van der Waals surface area contributed by atoms with Crippen LogP contribution >= 0.6 is 0 Å². The average Bonchev–Trinajstić information content (AvgIpc) is 4.23. The number of methoxy groups -OCH3 is 1. The number of fused-ring (bicyclic) bond motifs is 2. The number of anilines is 4. The number of hydrogen-bond donors (Lipinski definition) is 8. The Balaban J connectivity index is 0.946. The van der Waals surface area contributed by atoms with Gasteiger partial charge in [-0.05, 0) is 85.7 Å². The van der Waals surface area contributed by atoms with E-state index in [1.165, 1.54) is 24.1 Å². The molecule has 0 saturated carbocycles. The van der Waals surface area contributed by atoms with Gasteiger partial charge in [0.05, 0.1) is 42.7 Å². The van der Waals surface area contributed by atoms with Gasteiger partial charge in [0.15, 0.2) is 17.7 Å². The zero-order valence-corrected chi connectivity index (χ0v) is 43.9. The van der Waals surface area contributed by atoms with Gasteiger partial charge >= 0.3 is 6.09 Å². The van der Waals surface area contributed by atoms with Crippen molar-refractivity contribution in [1.29, 1.82) is 0 Å². The number of nitrogens with two attached hydrogens (primary N) is 1. The van der Waals surface area contributed by atoms with Crippen molar-refractivity contribution in [1.82, 2.24) is 24.7 Å². The number of nitrogens with one attached hydrogen (secondary N) is 5. The standard InChI is InChI=1S/C55H66N10O12/c1-31(2)48(56)52(71)58-33(4)49(68)60-37-15-11-34(12-16-37)30-77-55(74)65-41-26-46(45(75-7)25-40(41)53(72)64-27-32(3)22-44(64)54(65)73)76-21-8-10-47(67)59-39-24-43(63(6)29-39)51(70)61-38-17-13-35(14-18-38)36-23-42(62(5)28-36)50(69)57-19-9-20-66/h11-18,23-26,28-29,31,33,44,48,54,66,73H,3,8-10,19-22,27,30,56H2,1-2,4-7H3,(H,57,69)(H,58,71)(H,59,67)(H,60,68)(H,61,70)/t33-,44-,48-,54-/m0/s1. The van der Waals surface area contributed by atoms with Crippen LogP contribution in [0, 0.1) is 5.92 Å². The summed E-state index contributed by atoms with van der Waals surface area (Å²) in [7, 11) is 4.84. The summed E-state index contributed by atoms with van der Waals surface area (Å²) in [4.78, 5) is 94.9. The quantitative estimate of drug-likeness (QED) is 0.0360. The fourth-order valence-electron chi connectivity index (χ4n) is 8.77. The Morgan fingerprint density at radius 2 is 1.48 bits per heavy atom. The number of nitrogens with zero attached hydrogens (tertiary/aromatic N) is 4. The first-order valence-electron chi connectivity index (χ1n) is 25.1. The first kappa shape index (κ1) is 56.3. The van der Waals surface area contributed by atoms with Crippen LogP contribution in [0.3, 0.4) is 0 Å². The molecule has 77 heavy (non-hydrogen) atoms. The highest BCUT2D eigenvalue weighted by Crippen LogP contribution is 2.42. The Hall–Kier alpha value is -8.47. The highest BCUT2D eigenvalue weighted by atomic mass is 16.6. The summed E-state index contributed by atoms with van der Waals surface area (Å²) in [5.41, 5.74) is 10.9. The van der Waals surface area contributed by atoms with Gasteiger partial charge in [0.1, 0.15) is 24.0 Å². The van der Waals surface area contributed by atoms with Gasteiger partial charge in [-0.25, -0.2) is 9.69 Å². The molecule has 0 spiro atoms. The number of ether oxygens (including phenoxy) is 3. The van der Waals surface area contributed by atoms with E-state index >= 15 is 0 Å². The van der Waals surface area contributed by atoms with Gasteiger partial charge in [0.2, 0.25) is 17.7 Å². The van der Waals surface area contributed by atoms with Crippen molar-refractivity contribution in [2.75, 3.05) is 54.3 Å². The largest absolute Gasteiger partial charge is 0.493 e. The van der Waals surface area contributed by atoms with Crippen LogP contribution in [-0.4, -0.2) is 124 Å². The Kier molecular flexibility index (Phi) is 18.2. The normalized spacial score (nSPS) is 15.7. The first-order valence-corrected chi connectivity index (χ1v) is 25.1. The fraction of sp³-hybridized carbons (Fsp3) is 0.364. The molecule has 22 nitrogen and oxygen atoms in total. The van der Waals surface area contributed by atoms with Crippen LogP contribution in [0.25, 0.3) is 11.1 Å². The molecule has 4 heterocycles. The van der Waals surface area contributed by atoms with E-state index in [1.807, 2.05) is 18.3 Å². The van der Waals surface area contributed by atoms with Gasteiger partial charge in [-0.2, -0.15) is 0 Å². The molecule has 2 aliphatic rings. The van der Waals surface area contributed by atoms with Crippen LogP contribution in [0.2, 0.25) is 0 Å². The van der Waals surface area contributed by atoms with Gasteiger partial charge in [0.25, 0.3) is 17.7 Å². The van der Waals surface area contributed by atoms with Crippen LogP contribution < -0.4 is 46.7 Å². The van der Waals surface area contributed by atoms with Crippen molar-refractivity contribution < 1.29 is 58.0 Å². The summed E-state index contributed by atoms with van der Waals surface area (Å²) < 4.78 is 20.8. The number of rotatable bonds is 21. The maximum atomic E-state index is 14.1. The van der Waals surface area contributed by atoms with Gasteiger partial charge in [-0.3, -0.25) is 28.8 Å². The zero-order valence-electron chi connectivity index (χ0n) is 43.9. The zero-order chi connectivity index (χ0) is 55.7. The number of hydrogen-bond acceptors (Lipinski definition) is 13. The Morgan fingerprint density at radius 1 is 0.805 bits per heavy atom. The van der Waals surface area contributed by atoms with E-state index < -0.39 is 54.1 Å². The molecular formula is C55H66N10O12. The second-order valence-electron chi connectivity index (χ2n) is 19.3. The first-order chi connectivity index (χ1) is 36.8. The SMILES string of the molecule is C=C1C[C@H]2[C@H](O)N(C(=O)OCc3ccc(NC(=O)[C@H](C)NC(=O)[C@@H](N)C(C)C)cc3)c3cc(OCCCC(=O)Nc4cc(C(=O)Nc5ccc(-c6cc(C(=O)NCCCO)n(C)c6)cc5)n(C)c4)c(OC)cc3C(=O)N2C1. The second-order valence-corrected chi connectivity index (χ2v) is 19.3. The van der Waals surface area contributed by atoms with Gasteiger partial charge in [0, 0.05) is 75.6 Å². The summed E-state index contributed by atoms with van der Waals surface area (Å²) in [6.07, 6.45) is 1.86. The summed E-state index contributed by atoms with van der Waals surface area (Å²) in [5.74, 6) is -2.20. The molecule has 2 aliphatic heterocycles. The molecule has 7 rings (SSSR count). The van der Waals surface area contributed by atoms with Crippen LogP contribution in [0.5, 0.6) is 11.5 Å². The third kappa shape index (κ3) is 13.5. The van der Waals surface area contributed by atoms with E-state index in [0.717, 1.165) is 16.0 Å². The highest BCUT2D eigenvalue weighted by Gasteiger charge is 2.46. The van der Waals surface area contributed by atoms with Gasteiger partial charge in [-0.1, -0.05) is 50.3 Å². The van der Waals surface area contributed by atoms with Crippen molar-refractivity contribution in [2.24, 2.45) is 25.7 Å². The summed E-state index contributed by atoms with van der Waals surface area (Å²) in [5, 5.41) is 34.7. The van der Waals surface area contributed by atoms with Crippen molar-refractivity contribution in [3.63, 3.8) is 0 Å². The lowest BCUT2D eigenvalue weighted by Crippen LogP contribution is -2.50. The molecule has 4 atom stereocenters. The number of aliphatic hydroxyl groups is 2. The molecule has 1 fully saturated rings. The predicted octanol–water partition coefficient (Wildman–Crippen LogP) is 4.87. The molecule has 2 aromatic heterocycles. The second kappa shape index (κ2) is 24.9. The number of amides is 7. The van der Waals surface area contributed by atoms with Crippen molar-refractivity contribution in [2.45, 2.75) is 77.4 Å². The van der Waals surface area contributed by atoms with Crippen LogP contribution in [0.1, 0.15) is 83.4 Å². The molecule has 9 N–H and O–H groups in total. The molecule has 5 aromatic rings. The molecule has 7 amide bonds. The van der Waals surface area contributed by atoms with Crippen molar-refractivity contribution in [3.8, 4) is 22.6 Å². The van der Waals surface area contributed by atoms with E-state index in [9.17, 15) is 38.7 Å². The minimum absolute atomic E-state index is 0.00180. The highest BCUT2D eigenvalue weighted by molar-refractivity contribution is 6.07. The number of carbonyl (C=O) groups is 7. The summed E-state index contributed by atoms with van der Waals surface area (Å²) >= 11 is 0. The Bertz CT molecular complexity index is 3020. The maximum Gasteiger partial charge on any atom is 0.416 e. The number of aryl methyl sites for hydroxylation is 2.